The average Bonchev–Trinajstić information content (AvgIpc) is 2.69. The molecule has 2 aromatic rings. The van der Waals surface area contributed by atoms with Crippen molar-refractivity contribution in [1.29, 1.82) is 0 Å². The summed E-state index contributed by atoms with van der Waals surface area (Å²) in [5, 5.41) is 0. The summed E-state index contributed by atoms with van der Waals surface area (Å²) >= 11 is 12.1. The first-order chi connectivity index (χ1) is 7.58. The number of para-hydroxylation sites is 2. The number of alkyl halides is 2. The Labute approximate surface area is 104 Å². The Morgan fingerprint density at radius 1 is 1.44 bits per heavy atom. The summed E-state index contributed by atoms with van der Waals surface area (Å²) in [4.78, 5) is 4.52. The summed E-state index contributed by atoms with van der Waals surface area (Å²) < 4.78 is 1.68. The summed E-state index contributed by atoms with van der Waals surface area (Å²) in [6.07, 6.45) is 0.877. The highest BCUT2D eigenvalue weighted by molar-refractivity contribution is 6.50. The molecule has 84 valence electrons. The second kappa shape index (κ2) is 3.38. The van der Waals surface area contributed by atoms with E-state index < -0.39 is 4.33 Å². The molecule has 0 spiro atoms. The van der Waals surface area contributed by atoms with Crippen LogP contribution in [-0.4, -0.2) is 13.9 Å². The number of halogens is 2. The van der Waals surface area contributed by atoms with E-state index in [1.807, 2.05) is 25.1 Å². The van der Waals surface area contributed by atoms with E-state index in [4.69, 9.17) is 23.2 Å². The van der Waals surface area contributed by atoms with Gasteiger partial charge in [-0.05, 0) is 25.5 Å². The standard InChI is InChI=1S/C12H12Cl2N2/c1-8-15-10-4-2-3-5-11(10)16(8)7-9-6-12(9,13)14/h2-5,9H,6-7H2,1H3/t9-/m0/s1. The zero-order valence-corrected chi connectivity index (χ0v) is 10.5. The topological polar surface area (TPSA) is 17.8 Å². The summed E-state index contributed by atoms with van der Waals surface area (Å²) in [5.41, 5.74) is 2.20. The lowest BCUT2D eigenvalue weighted by molar-refractivity contribution is 0.620. The van der Waals surface area contributed by atoms with Gasteiger partial charge in [-0.15, -0.1) is 23.2 Å². The first kappa shape index (κ1) is 10.4. The number of fused-ring (bicyclic) bond motifs is 1. The Morgan fingerprint density at radius 3 is 2.81 bits per heavy atom. The summed E-state index contributed by atoms with van der Waals surface area (Å²) in [5.74, 6) is 1.38. The highest BCUT2D eigenvalue weighted by atomic mass is 35.5. The molecule has 16 heavy (non-hydrogen) atoms. The molecule has 0 bridgehead atoms. The highest BCUT2D eigenvalue weighted by Crippen LogP contribution is 2.54. The van der Waals surface area contributed by atoms with Gasteiger partial charge < -0.3 is 4.57 Å². The number of imidazole rings is 1. The van der Waals surface area contributed by atoms with Crippen molar-refractivity contribution < 1.29 is 0 Å². The van der Waals surface area contributed by atoms with Crippen molar-refractivity contribution in [2.75, 3.05) is 0 Å². The molecule has 0 unspecified atom stereocenters. The van der Waals surface area contributed by atoms with Crippen LogP contribution < -0.4 is 0 Å². The first-order valence-electron chi connectivity index (χ1n) is 5.37. The number of hydrogen-bond acceptors (Lipinski definition) is 1. The highest BCUT2D eigenvalue weighted by Gasteiger charge is 2.51. The number of rotatable bonds is 2. The number of benzene rings is 1. The van der Waals surface area contributed by atoms with Crippen molar-refractivity contribution in [1.82, 2.24) is 9.55 Å². The van der Waals surface area contributed by atoms with Crippen molar-refractivity contribution in [3.05, 3.63) is 30.1 Å². The average molecular weight is 255 g/mol. The zero-order valence-electron chi connectivity index (χ0n) is 8.95. The van der Waals surface area contributed by atoms with Crippen LogP contribution in [0.3, 0.4) is 0 Å². The second-order valence-electron chi connectivity index (χ2n) is 4.42. The van der Waals surface area contributed by atoms with Crippen LogP contribution in [-0.2, 0) is 6.54 Å². The van der Waals surface area contributed by atoms with Gasteiger partial charge >= 0.3 is 0 Å². The molecule has 0 N–H and O–H groups in total. The van der Waals surface area contributed by atoms with Crippen LogP contribution in [0.1, 0.15) is 12.2 Å². The van der Waals surface area contributed by atoms with Crippen molar-refractivity contribution in [2.24, 2.45) is 5.92 Å². The molecule has 1 aromatic carbocycles. The lowest BCUT2D eigenvalue weighted by Gasteiger charge is -2.06. The van der Waals surface area contributed by atoms with Crippen LogP contribution >= 0.6 is 23.2 Å². The Kier molecular flexibility index (Phi) is 2.20. The zero-order chi connectivity index (χ0) is 11.3. The fourth-order valence-electron chi connectivity index (χ4n) is 2.11. The summed E-state index contributed by atoms with van der Waals surface area (Å²) in [6, 6.07) is 8.15. The van der Waals surface area contributed by atoms with Gasteiger partial charge in [0.05, 0.1) is 11.0 Å². The summed E-state index contributed by atoms with van der Waals surface area (Å²) in [7, 11) is 0. The molecule has 0 aliphatic heterocycles. The van der Waals surface area contributed by atoms with E-state index in [1.165, 1.54) is 0 Å². The lowest BCUT2D eigenvalue weighted by atomic mass is 10.3. The van der Waals surface area contributed by atoms with Crippen LogP contribution in [0.25, 0.3) is 11.0 Å². The maximum Gasteiger partial charge on any atom is 0.123 e. The number of nitrogens with zero attached hydrogens (tertiary/aromatic N) is 2. The van der Waals surface area contributed by atoms with Gasteiger partial charge in [-0.3, -0.25) is 0 Å². The Morgan fingerprint density at radius 2 is 2.12 bits per heavy atom. The molecular weight excluding hydrogens is 243 g/mol. The number of aryl methyl sites for hydroxylation is 1. The molecular formula is C12H12Cl2N2. The quantitative estimate of drug-likeness (QED) is 0.750. The van der Waals surface area contributed by atoms with E-state index in [-0.39, 0.29) is 0 Å². The van der Waals surface area contributed by atoms with Gasteiger partial charge in [0.25, 0.3) is 0 Å². The van der Waals surface area contributed by atoms with Crippen LogP contribution in [0.15, 0.2) is 24.3 Å². The molecule has 1 heterocycles. The van der Waals surface area contributed by atoms with Crippen LogP contribution in [0.4, 0.5) is 0 Å². The minimum atomic E-state index is -0.516. The van der Waals surface area contributed by atoms with Crippen molar-refractivity contribution in [3.63, 3.8) is 0 Å². The number of aromatic nitrogens is 2. The Bertz CT molecular complexity index is 545. The largest absolute Gasteiger partial charge is 0.328 e. The third-order valence-electron chi connectivity index (χ3n) is 3.20. The van der Waals surface area contributed by atoms with Gasteiger partial charge in [0.1, 0.15) is 10.2 Å². The number of hydrogen-bond donors (Lipinski definition) is 0. The van der Waals surface area contributed by atoms with E-state index in [1.54, 1.807) is 0 Å². The van der Waals surface area contributed by atoms with Crippen LogP contribution in [0, 0.1) is 12.8 Å². The minimum absolute atomic E-state index is 0.354. The third-order valence-corrected chi connectivity index (χ3v) is 4.13. The van der Waals surface area contributed by atoms with Gasteiger partial charge in [-0.25, -0.2) is 4.98 Å². The Balaban J connectivity index is 2.00. The van der Waals surface area contributed by atoms with Crippen LogP contribution in [0.5, 0.6) is 0 Å². The molecule has 2 nitrogen and oxygen atoms in total. The second-order valence-corrected chi connectivity index (χ2v) is 5.96. The molecule has 1 aromatic heterocycles. The van der Waals surface area contributed by atoms with E-state index in [0.717, 1.165) is 29.8 Å². The van der Waals surface area contributed by atoms with Crippen molar-refractivity contribution in [2.45, 2.75) is 24.2 Å². The van der Waals surface area contributed by atoms with Gasteiger partial charge in [0.2, 0.25) is 0 Å². The maximum absolute atomic E-state index is 6.06. The molecule has 1 saturated carbocycles. The SMILES string of the molecule is Cc1nc2ccccc2n1C[C@@H]1CC1(Cl)Cl. The van der Waals surface area contributed by atoms with E-state index in [2.05, 4.69) is 15.6 Å². The predicted molar refractivity (Wildman–Crippen MR) is 67.0 cm³/mol. The van der Waals surface area contributed by atoms with Gasteiger partial charge in [-0.2, -0.15) is 0 Å². The fourth-order valence-corrected chi connectivity index (χ4v) is 2.63. The molecule has 1 aliphatic carbocycles. The van der Waals surface area contributed by atoms with Crippen molar-refractivity contribution >= 4 is 34.2 Å². The molecule has 3 rings (SSSR count). The van der Waals surface area contributed by atoms with Gasteiger partial charge in [0, 0.05) is 12.5 Å². The van der Waals surface area contributed by atoms with E-state index in [0.29, 0.717) is 5.92 Å². The molecule has 0 amide bonds. The molecule has 0 radical (unpaired) electrons. The monoisotopic (exact) mass is 254 g/mol. The van der Waals surface area contributed by atoms with E-state index >= 15 is 0 Å². The summed E-state index contributed by atoms with van der Waals surface area (Å²) in [6.45, 7) is 2.88. The van der Waals surface area contributed by atoms with Crippen molar-refractivity contribution in [3.8, 4) is 0 Å². The van der Waals surface area contributed by atoms with Gasteiger partial charge in [0.15, 0.2) is 0 Å². The molecule has 0 saturated heterocycles. The van der Waals surface area contributed by atoms with E-state index in [9.17, 15) is 0 Å². The minimum Gasteiger partial charge on any atom is -0.328 e. The molecule has 1 fully saturated rings. The Hall–Kier alpha value is -0.730. The predicted octanol–water partition coefficient (Wildman–Crippen LogP) is 3.54. The molecule has 1 aliphatic rings. The first-order valence-corrected chi connectivity index (χ1v) is 6.13. The third kappa shape index (κ3) is 1.61. The fraction of sp³-hybridized carbons (Fsp3) is 0.417. The molecule has 1 atom stereocenters. The molecule has 4 heteroatoms. The smallest absolute Gasteiger partial charge is 0.123 e. The van der Waals surface area contributed by atoms with Crippen LogP contribution in [0.2, 0.25) is 0 Å². The maximum atomic E-state index is 6.06. The lowest BCUT2D eigenvalue weighted by Crippen LogP contribution is -2.05. The van der Waals surface area contributed by atoms with Gasteiger partial charge in [-0.1, -0.05) is 12.1 Å². The normalized spacial score (nSPS) is 22.6.